The number of nitrogens with zero attached hydrogens (tertiary/aromatic N) is 2. The predicted molar refractivity (Wildman–Crippen MR) is 84.2 cm³/mol. The summed E-state index contributed by atoms with van der Waals surface area (Å²) in [6, 6.07) is 1.92. The molecule has 2 atom stereocenters. The molecule has 4 nitrogen and oxygen atoms in total. The van der Waals surface area contributed by atoms with Gasteiger partial charge in [0.25, 0.3) is 0 Å². The Balaban J connectivity index is 1.79. The Morgan fingerprint density at radius 1 is 1.20 bits per heavy atom. The lowest BCUT2D eigenvalue weighted by atomic mass is 10.1. The number of rotatable bonds is 6. The molecule has 2 saturated heterocycles. The second-order valence-electron chi connectivity index (χ2n) is 6.94. The predicted octanol–water partition coefficient (Wildman–Crippen LogP) is 1.56. The van der Waals surface area contributed by atoms with Gasteiger partial charge in [0.1, 0.15) is 0 Å². The van der Waals surface area contributed by atoms with Crippen molar-refractivity contribution in [3.8, 4) is 0 Å². The maximum absolute atomic E-state index is 5.99. The van der Waals surface area contributed by atoms with Crippen molar-refractivity contribution in [2.75, 3.05) is 39.3 Å². The fraction of sp³-hybridized carbons (Fsp3) is 1.00. The molecular weight excluding hydrogens is 250 g/mol. The molecule has 2 aliphatic rings. The van der Waals surface area contributed by atoms with Crippen molar-refractivity contribution in [1.82, 2.24) is 15.1 Å². The van der Waals surface area contributed by atoms with Gasteiger partial charge in [-0.15, -0.1) is 0 Å². The first-order chi connectivity index (χ1) is 9.56. The van der Waals surface area contributed by atoms with Gasteiger partial charge in [0.2, 0.25) is 0 Å². The molecule has 0 aromatic rings. The van der Waals surface area contributed by atoms with Gasteiger partial charge in [-0.2, -0.15) is 0 Å². The number of likely N-dealkylation sites (tertiary alicyclic amines) is 1. The fourth-order valence-corrected chi connectivity index (χ4v) is 3.32. The van der Waals surface area contributed by atoms with E-state index in [0.29, 0.717) is 24.2 Å². The van der Waals surface area contributed by atoms with Gasteiger partial charge in [0.15, 0.2) is 0 Å². The van der Waals surface area contributed by atoms with Crippen LogP contribution in [0, 0.1) is 0 Å². The molecule has 20 heavy (non-hydrogen) atoms. The second kappa shape index (κ2) is 7.74. The van der Waals surface area contributed by atoms with Crippen molar-refractivity contribution in [3.63, 3.8) is 0 Å². The van der Waals surface area contributed by atoms with Gasteiger partial charge in [-0.05, 0) is 33.2 Å². The molecule has 0 bridgehead atoms. The van der Waals surface area contributed by atoms with Gasteiger partial charge in [-0.3, -0.25) is 9.80 Å². The van der Waals surface area contributed by atoms with Crippen LogP contribution in [0.25, 0.3) is 0 Å². The van der Waals surface area contributed by atoms with Crippen LogP contribution in [-0.2, 0) is 4.74 Å². The molecule has 0 radical (unpaired) electrons. The first kappa shape index (κ1) is 16.2. The minimum absolute atomic E-state index is 0.394. The van der Waals surface area contributed by atoms with Crippen LogP contribution >= 0.6 is 0 Å². The Kier molecular flexibility index (Phi) is 6.27. The molecule has 2 unspecified atom stereocenters. The first-order valence-electron chi connectivity index (χ1n) is 8.39. The molecule has 0 amide bonds. The van der Waals surface area contributed by atoms with E-state index in [1.54, 1.807) is 0 Å². The standard InChI is InChI=1S/C16H33N3O/c1-13(2)17-10-15-6-5-7-19(15)12-16-11-18(14(3)4)8-9-20-16/h13-17H,5-12H2,1-4H3. The van der Waals surface area contributed by atoms with Crippen LogP contribution in [-0.4, -0.2) is 73.4 Å². The Bertz CT molecular complexity index is 283. The van der Waals surface area contributed by atoms with Crippen LogP contribution < -0.4 is 5.32 Å². The molecule has 2 fully saturated rings. The first-order valence-corrected chi connectivity index (χ1v) is 8.39. The average molecular weight is 283 g/mol. The minimum atomic E-state index is 0.394. The second-order valence-corrected chi connectivity index (χ2v) is 6.94. The lowest BCUT2D eigenvalue weighted by Gasteiger charge is -2.38. The van der Waals surface area contributed by atoms with Crippen molar-refractivity contribution in [2.24, 2.45) is 0 Å². The molecule has 1 N–H and O–H groups in total. The van der Waals surface area contributed by atoms with E-state index in [9.17, 15) is 0 Å². The maximum Gasteiger partial charge on any atom is 0.0829 e. The van der Waals surface area contributed by atoms with Crippen molar-refractivity contribution < 1.29 is 4.74 Å². The molecule has 4 heteroatoms. The minimum Gasteiger partial charge on any atom is -0.374 e. The average Bonchev–Trinajstić information content (AvgIpc) is 2.84. The highest BCUT2D eigenvalue weighted by atomic mass is 16.5. The zero-order chi connectivity index (χ0) is 14.5. The molecule has 0 aromatic heterocycles. The normalized spacial score (nSPS) is 29.7. The summed E-state index contributed by atoms with van der Waals surface area (Å²) in [5.41, 5.74) is 0. The van der Waals surface area contributed by atoms with E-state index in [0.717, 1.165) is 32.8 Å². The van der Waals surface area contributed by atoms with Gasteiger partial charge in [0, 0.05) is 44.3 Å². The van der Waals surface area contributed by atoms with Crippen LogP contribution in [0.1, 0.15) is 40.5 Å². The fourth-order valence-electron chi connectivity index (χ4n) is 3.32. The summed E-state index contributed by atoms with van der Waals surface area (Å²) in [6.07, 6.45) is 3.07. The molecule has 0 spiro atoms. The quantitative estimate of drug-likeness (QED) is 0.800. The summed E-state index contributed by atoms with van der Waals surface area (Å²) in [6.45, 7) is 15.6. The summed E-state index contributed by atoms with van der Waals surface area (Å²) in [7, 11) is 0. The topological polar surface area (TPSA) is 27.7 Å². The third kappa shape index (κ3) is 4.69. The zero-order valence-corrected chi connectivity index (χ0v) is 13.8. The van der Waals surface area contributed by atoms with E-state index in [1.165, 1.54) is 19.4 Å². The molecule has 118 valence electrons. The van der Waals surface area contributed by atoms with Crippen LogP contribution in [0.2, 0.25) is 0 Å². The van der Waals surface area contributed by atoms with Gasteiger partial charge < -0.3 is 10.1 Å². The third-order valence-corrected chi connectivity index (χ3v) is 4.60. The van der Waals surface area contributed by atoms with Crippen LogP contribution in [0.4, 0.5) is 0 Å². The maximum atomic E-state index is 5.99. The highest BCUT2D eigenvalue weighted by Crippen LogP contribution is 2.19. The highest BCUT2D eigenvalue weighted by Gasteiger charge is 2.29. The summed E-state index contributed by atoms with van der Waals surface area (Å²) in [4.78, 5) is 5.19. The monoisotopic (exact) mass is 283 g/mol. The molecule has 0 saturated carbocycles. The van der Waals surface area contributed by atoms with E-state index in [1.807, 2.05) is 0 Å². The van der Waals surface area contributed by atoms with Gasteiger partial charge in [-0.1, -0.05) is 13.8 Å². The van der Waals surface area contributed by atoms with E-state index in [-0.39, 0.29) is 0 Å². The molecule has 2 aliphatic heterocycles. The van der Waals surface area contributed by atoms with E-state index < -0.39 is 0 Å². The van der Waals surface area contributed by atoms with Crippen LogP contribution in [0.15, 0.2) is 0 Å². The Labute approximate surface area is 124 Å². The Morgan fingerprint density at radius 2 is 2.00 bits per heavy atom. The SMILES string of the molecule is CC(C)NCC1CCCN1CC1CN(C(C)C)CCO1. The number of hydrogen-bond acceptors (Lipinski definition) is 4. The number of hydrogen-bond donors (Lipinski definition) is 1. The number of nitrogens with one attached hydrogen (secondary N) is 1. The summed E-state index contributed by atoms with van der Waals surface area (Å²) >= 11 is 0. The van der Waals surface area contributed by atoms with Crippen molar-refractivity contribution in [1.29, 1.82) is 0 Å². The molecular formula is C16H33N3O. The summed E-state index contributed by atoms with van der Waals surface area (Å²) in [5.74, 6) is 0. The third-order valence-electron chi connectivity index (χ3n) is 4.60. The molecule has 2 rings (SSSR count). The largest absolute Gasteiger partial charge is 0.374 e. The Hall–Kier alpha value is -0.160. The molecule has 0 aliphatic carbocycles. The number of morpholine rings is 1. The van der Waals surface area contributed by atoms with E-state index >= 15 is 0 Å². The van der Waals surface area contributed by atoms with Gasteiger partial charge >= 0.3 is 0 Å². The summed E-state index contributed by atoms with van der Waals surface area (Å²) in [5, 5.41) is 3.59. The summed E-state index contributed by atoms with van der Waals surface area (Å²) < 4.78 is 5.99. The van der Waals surface area contributed by atoms with Crippen molar-refractivity contribution >= 4 is 0 Å². The zero-order valence-electron chi connectivity index (χ0n) is 13.8. The Morgan fingerprint density at radius 3 is 2.70 bits per heavy atom. The van der Waals surface area contributed by atoms with Gasteiger partial charge in [-0.25, -0.2) is 0 Å². The smallest absolute Gasteiger partial charge is 0.0829 e. The van der Waals surface area contributed by atoms with Crippen LogP contribution in [0.3, 0.4) is 0 Å². The molecule has 2 heterocycles. The lowest BCUT2D eigenvalue weighted by molar-refractivity contribution is -0.0534. The van der Waals surface area contributed by atoms with Crippen molar-refractivity contribution in [2.45, 2.75) is 64.8 Å². The van der Waals surface area contributed by atoms with Crippen LogP contribution in [0.5, 0.6) is 0 Å². The lowest BCUT2D eigenvalue weighted by Crippen LogP contribution is -2.51. The highest BCUT2D eigenvalue weighted by molar-refractivity contribution is 4.85. The van der Waals surface area contributed by atoms with Crippen molar-refractivity contribution in [3.05, 3.63) is 0 Å². The van der Waals surface area contributed by atoms with Gasteiger partial charge in [0.05, 0.1) is 12.7 Å². The van der Waals surface area contributed by atoms with E-state index in [2.05, 4.69) is 42.8 Å². The van der Waals surface area contributed by atoms with E-state index in [4.69, 9.17) is 4.74 Å². The molecule has 0 aromatic carbocycles. The number of ether oxygens (including phenoxy) is 1.